The van der Waals surface area contributed by atoms with E-state index in [-0.39, 0.29) is 0 Å². The minimum Gasteiger partial charge on any atom is -0.495 e. The average Bonchev–Trinajstić information content (AvgIpc) is 3.11. The third kappa shape index (κ3) is 1.41. The Labute approximate surface area is 90.2 Å². The summed E-state index contributed by atoms with van der Waals surface area (Å²) in [6.07, 6.45) is 7.08. The van der Waals surface area contributed by atoms with Crippen molar-refractivity contribution in [3.63, 3.8) is 0 Å². The molecule has 1 saturated carbocycles. The van der Waals surface area contributed by atoms with Crippen molar-refractivity contribution in [2.75, 3.05) is 18.6 Å². The number of rotatable bonds is 2. The molecule has 0 radical (unpaired) electrons. The van der Waals surface area contributed by atoms with Gasteiger partial charge in [0.25, 0.3) is 0 Å². The molecule has 3 rings (SSSR count). The first kappa shape index (κ1) is 8.84. The second-order valence-corrected chi connectivity index (χ2v) is 4.18. The van der Waals surface area contributed by atoms with Gasteiger partial charge in [-0.25, -0.2) is 0 Å². The van der Waals surface area contributed by atoms with Crippen molar-refractivity contribution >= 4 is 11.8 Å². The predicted octanol–water partition coefficient (Wildman–Crippen LogP) is 2.69. The fraction of sp³-hybridized carbons (Fsp3) is 0.385. The molecule has 2 heteroatoms. The summed E-state index contributed by atoms with van der Waals surface area (Å²) < 4.78 is 5.45. The van der Waals surface area contributed by atoms with E-state index in [2.05, 4.69) is 29.2 Å². The molecule has 0 unspecified atom stereocenters. The minimum absolute atomic E-state index is 0.741. The predicted molar refractivity (Wildman–Crippen MR) is 62.4 cm³/mol. The fourth-order valence-corrected chi connectivity index (χ4v) is 2.25. The molecule has 1 aliphatic carbocycles. The molecule has 0 amide bonds. The number of methoxy groups -OCH3 is 1. The van der Waals surface area contributed by atoms with Gasteiger partial charge in [0.2, 0.25) is 0 Å². The van der Waals surface area contributed by atoms with Crippen molar-refractivity contribution < 1.29 is 4.74 Å². The van der Waals surface area contributed by atoms with Crippen LogP contribution >= 0.6 is 0 Å². The summed E-state index contributed by atoms with van der Waals surface area (Å²) in [5.41, 5.74) is 2.57. The van der Waals surface area contributed by atoms with Gasteiger partial charge in [-0.3, -0.25) is 0 Å². The summed E-state index contributed by atoms with van der Waals surface area (Å²) in [6, 6.07) is 7.00. The van der Waals surface area contributed by atoms with Crippen LogP contribution in [0.15, 0.2) is 24.3 Å². The molecule has 2 aliphatic rings. The Morgan fingerprint density at radius 3 is 2.93 bits per heavy atom. The number of para-hydroxylation sites is 1. The summed E-state index contributed by atoms with van der Waals surface area (Å²) in [5.74, 6) is 1.00. The zero-order chi connectivity index (χ0) is 10.3. The molecule has 1 aromatic carbocycles. The van der Waals surface area contributed by atoms with Crippen LogP contribution in [0.1, 0.15) is 18.4 Å². The second-order valence-electron chi connectivity index (χ2n) is 4.18. The van der Waals surface area contributed by atoms with Crippen molar-refractivity contribution in [3.8, 4) is 5.75 Å². The molecule has 1 aliphatic heterocycles. The molecule has 0 spiro atoms. The van der Waals surface area contributed by atoms with Crippen molar-refractivity contribution in [2.24, 2.45) is 0 Å². The van der Waals surface area contributed by atoms with E-state index in [1.54, 1.807) is 7.11 Å². The molecule has 78 valence electrons. The number of nitrogens with zero attached hydrogens (tertiary/aromatic N) is 1. The lowest BCUT2D eigenvalue weighted by Crippen LogP contribution is -2.28. The number of hydrogen-bond acceptors (Lipinski definition) is 2. The van der Waals surface area contributed by atoms with Crippen LogP contribution in [0.4, 0.5) is 5.69 Å². The fourth-order valence-electron chi connectivity index (χ4n) is 2.25. The number of anilines is 1. The molecule has 0 bridgehead atoms. The number of fused-ring (bicyclic) bond motifs is 1. The normalized spacial score (nSPS) is 18.9. The Balaban J connectivity index is 2.10. The van der Waals surface area contributed by atoms with Gasteiger partial charge in [-0.2, -0.15) is 0 Å². The number of hydrogen-bond donors (Lipinski definition) is 0. The van der Waals surface area contributed by atoms with Crippen molar-refractivity contribution in [1.29, 1.82) is 0 Å². The highest BCUT2D eigenvalue weighted by molar-refractivity contribution is 5.77. The van der Waals surface area contributed by atoms with E-state index >= 15 is 0 Å². The van der Waals surface area contributed by atoms with Crippen LogP contribution in [0.25, 0.3) is 6.08 Å². The van der Waals surface area contributed by atoms with E-state index < -0.39 is 0 Å². The van der Waals surface area contributed by atoms with Crippen LogP contribution in [-0.4, -0.2) is 19.7 Å². The summed E-state index contributed by atoms with van der Waals surface area (Å²) in [7, 11) is 1.75. The van der Waals surface area contributed by atoms with E-state index in [0.29, 0.717) is 0 Å². The van der Waals surface area contributed by atoms with Crippen LogP contribution in [0, 0.1) is 0 Å². The molecule has 0 atom stereocenters. The van der Waals surface area contributed by atoms with E-state index in [9.17, 15) is 0 Å². The third-order valence-corrected chi connectivity index (χ3v) is 3.12. The topological polar surface area (TPSA) is 12.5 Å². The first-order valence-corrected chi connectivity index (χ1v) is 5.50. The van der Waals surface area contributed by atoms with Gasteiger partial charge in [-0.05, 0) is 18.9 Å². The quantitative estimate of drug-likeness (QED) is 0.729. The van der Waals surface area contributed by atoms with E-state index in [1.807, 2.05) is 6.07 Å². The molecule has 0 N–H and O–H groups in total. The van der Waals surface area contributed by atoms with Gasteiger partial charge < -0.3 is 9.64 Å². The summed E-state index contributed by atoms with van der Waals surface area (Å²) in [5, 5.41) is 0. The molecular formula is C13H15NO. The lowest BCUT2D eigenvalue weighted by atomic mass is 10.1. The lowest BCUT2D eigenvalue weighted by molar-refractivity contribution is 0.414. The molecule has 0 aromatic heterocycles. The Morgan fingerprint density at radius 1 is 1.33 bits per heavy atom. The maximum Gasteiger partial charge on any atom is 0.142 e. The van der Waals surface area contributed by atoms with Gasteiger partial charge in [0.05, 0.1) is 12.8 Å². The second kappa shape index (κ2) is 3.30. The van der Waals surface area contributed by atoms with Crippen LogP contribution in [0.5, 0.6) is 5.75 Å². The van der Waals surface area contributed by atoms with E-state index in [1.165, 1.54) is 24.1 Å². The molecule has 15 heavy (non-hydrogen) atoms. The van der Waals surface area contributed by atoms with Crippen molar-refractivity contribution in [1.82, 2.24) is 0 Å². The van der Waals surface area contributed by atoms with Crippen molar-refractivity contribution in [2.45, 2.75) is 18.9 Å². The highest BCUT2D eigenvalue weighted by Gasteiger charge is 2.32. The smallest absolute Gasteiger partial charge is 0.142 e. The minimum atomic E-state index is 0.741. The zero-order valence-electron chi connectivity index (χ0n) is 8.94. The Bertz CT molecular complexity index is 407. The molecule has 0 saturated heterocycles. The van der Waals surface area contributed by atoms with Crippen LogP contribution in [0.2, 0.25) is 0 Å². The number of benzene rings is 1. The van der Waals surface area contributed by atoms with Crippen LogP contribution in [-0.2, 0) is 0 Å². The summed E-state index contributed by atoms with van der Waals surface area (Å²) in [6.45, 7) is 1.03. The highest BCUT2D eigenvalue weighted by Crippen LogP contribution is 2.41. The number of ether oxygens (including phenoxy) is 1. The Morgan fingerprint density at radius 2 is 2.20 bits per heavy atom. The van der Waals surface area contributed by atoms with E-state index in [4.69, 9.17) is 4.74 Å². The molecule has 2 nitrogen and oxygen atoms in total. The first-order chi connectivity index (χ1) is 7.40. The van der Waals surface area contributed by atoms with Gasteiger partial charge in [0, 0.05) is 18.2 Å². The van der Waals surface area contributed by atoms with Crippen LogP contribution in [0.3, 0.4) is 0 Å². The molecule has 1 aromatic rings. The summed E-state index contributed by atoms with van der Waals surface area (Å²) in [4.78, 5) is 2.47. The molecular weight excluding hydrogens is 186 g/mol. The SMILES string of the molecule is COc1cccc2c1N(C1CC1)CC=C2. The standard InChI is InChI=1S/C13H15NO/c1-15-12-6-2-4-10-5-3-9-14(13(10)12)11-7-8-11/h2-6,11H,7-9H2,1H3. The molecule has 1 heterocycles. The van der Waals surface area contributed by atoms with E-state index in [0.717, 1.165) is 18.3 Å². The van der Waals surface area contributed by atoms with Gasteiger partial charge in [-0.15, -0.1) is 0 Å². The van der Waals surface area contributed by atoms with Gasteiger partial charge in [0.15, 0.2) is 0 Å². The maximum atomic E-state index is 5.45. The lowest BCUT2D eigenvalue weighted by Gasteiger charge is -2.29. The van der Waals surface area contributed by atoms with Gasteiger partial charge in [-0.1, -0.05) is 24.3 Å². The van der Waals surface area contributed by atoms with Crippen LogP contribution < -0.4 is 9.64 Å². The Hall–Kier alpha value is -1.44. The average molecular weight is 201 g/mol. The van der Waals surface area contributed by atoms with Gasteiger partial charge >= 0.3 is 0 Å². The highest BCUT2D eigenvalue weighted by atomic mass is 16.5. The summed E-state index contributed by atoms with van der Waals surface area (Å²) >= 11 is 0. The Kier molecular flexibility index (Phi) is 1.94. The van der Waals surface area contributed by atoms with Crippen molar-refractivity contribution in [3.05, 3.63) is 29.8 Å². The third-order valence-electron chi connectivity index (χ3n) is 3.12. The monoisotopic (exact) mass is 201 g/mol. The maximum absolute atomic E-state index is 5.45. The molecule has 1 fully saturated rings. The zero-order valence-corrected chi connectivity index (χ0v) is 8.94. The first-order valence-electron chi connectivity index (χ1n) is 5.50. The van der Waals surface area contributed by atoms with Gasteiger partial charge in [0.1, 0.15) is 5.75 Å². The largest absolute Gasteiger partial charge is 0.495 e.